The first-order valence-electron chi connectivity index (χ1n) is 7.93. The Morgan fingerprint density at radius 3 is 2.00 bits per heavy atom. The molecule has 0 aliphatic carbocycles. The molecule has 0 saturated carbocycles. The van der Waals surface area contributed by atoms with Crippen molar-refractivity contribution in [1.29, 1.82) is 0 Å². The average Bonchev–Trinajstić information content (AvgIpc) is 2.64. The van der Waals surface area contributed by atoms with Crippen LogP contribution in [0.3, 0.4) is 0 Å². The zero-order chi connectivity index (χ0) is 16.8. The van der Waals surface area contributed by atoms with Crippen molar-refractivity contribution >= 4 is 15.9 Å². The molecule has 24 heavy (non-hydrogen) atoms. The smallest absolute Gasteiger partial charge is 0.123 e. The molecule has 3 rings (SSSR count). The Kier molecular flexibility index (Phi) is 5.68. The van der Waals surface area contributed by atoms with Crippen LogP contribution >= 0.6 is 15.9 Å². The van der Waals surface area contributed by atoms with E-state index in [1.54, 1.807) is 7.11 Å². The summed E-state index contributed by atoms with van der Waals surface area (Å²) in [4.78, 5) is 0. The number of methoxy groups -OCH3 is 1. The SMILES string of the molecule is COc1ccc(Br)cc1CNC(c1ccccc1)c1ccccc1. The Bertz CT molecular complexity index is 735. The van der Waals surface area contributed by atoms with Crippen LogP contribution in [0.1, 0.15) is 22.7 Å². The maximum Gasteiger partial charge on any atom is 0.123 e. The van der Waals surface area contributed by atoms with E-state index in [-0.39, 0.29) is 6.04 Å². The van der Waals surface area contributed by atoms with E-state index in [1.165, 1.54) is 11.1 Å². The van der Waals surface area contributed by atoms with Crippen LogP contribution in [0.4, 0.5) is 0 Å². The van der Waals surface area contributed by atoms with Gasteiger partial charge in [-0.1, -0.05) is 76.6 Å². The Labute approximate surface area is 151 Å². The second kappa shape index (κ2) is 8.13. The number of nitrogens with one attached hydrogen (secondary N) is 1. The van der Waals surface area contributed by atoms with Gasteiger partial charge in [0, 0.05) is 16.6 Å². The number of hydrogen-bond acceptors (Lipinski definition) is 2. The predicted molar refractivity (Wildman–Crippen MR) is 102 cm³/mol. The van der Waals surface area contributed by atoms with E-state index in [4.69, 9.17) is 4.74 Å². The van der Waals surface area contributed by atoms with Gasteiger partial charge < -0.3 is 10.1 Å². The zero-order valence-corrected chi connectivity index (χ0v) is 15.2. The van der Waals surface area contributed by atoms with Gasteiger partial charge in [0.2, 0.25) is 0 Å². The summed E-state index contributed by atoms with van der Waals surface area (Å²) >= 11 is 3.54. The summed E-state index contributed by atoms with van der Waals surface area (Å²) in [7, 11) is 1.71. The number of ether oxygens (including phenoxy) is 1. The molecular formula is C21H20BrNO. The minimum absolute atomic E-state index is 0.135. The fourth-order valence-corrected chi connectivity index (χ4v) is 3.22. The second-order valence-corrected chi connectivity index (χ2v) is 6.51. The van der Waals surface area contributed by atoms with E-state index in [0.29, 0.717) is 0 Å². The van der Waals surface area contributed by atoms with Gasteiger partial charge in [0.15, 0.2) is 0 Å². The number of halogens is 1. The number of benzene rings is 3. The molecule has 1 N–H and O–H groups in total. The van der Waals surface area contributed by atoms with Crippen molar-refractivity contribution in [1.82, 2.24) is 5.32 Å². The van der Waals surface area contributed by atoms with Crippen LogP contribution in [-0.4, -0.2) is 7.11 Å². The largest absolute Gasteiger partial charge is 0.496 e. The van der Waals surface area contributed by atoms with Crippen molar-refractivity contribution in [2.24, 2.45) is 0 Å². The fourth-order valence-electron chi connectivity index (χ4n) is 2.82. The standard InChI is InChI=1S/C21H20BrNO/c1-24-20-13-12-19(22)14-18(20)15-23-21(16-8-4-2-5-9-16)17-10-6-3-7-11-17/h2-14,21,23H,15H2,1H3. The molecule has 0 saturated heterocycles. The van der Waals surface area contributed by atoms with Crippen LogP contribution in [0.15, 0.2) is 83.3 Å². The first kappa shape index (κ1) is 16.7. The van der Waals surface area contributed by atoms with E-state index in [0.717, 1.165) is 22.3 Å². The third kappa shape index (κ3) is 4.05. The number of rotatable bonds is 6. The van der Waals surface area contributed by atoms with Crippen molar-refractivity contribution in [2.75, 3.05) is 7.11 Å². The molecule has 2 nitrogen and oxygen atoms in total. The molecular weight excluding hydrogens is 362 g/mol. The molecule has 0 aliphatic heterocycles. The maximum absolute atomic E-state index is 5.48. The van der Waals surface area contributed by atoms with Gasteiger partial charge in [0.05, 0.1) is 13.2 Å². The minimum Gasteiger partial charge on any atom is -0.496 e. The van der Waals surface area contributed by atoms with Crippen LogP contribution in [0.2, 0.25) is 0 Å². The lowest BCUT2D eigenvalue weighted by molar-refractivity contribution is 0.406. The summed E-state index contributed by atoms with van der Waals surface area (Å²) in [5.74, 6) is 0.894. The summed E-state index contributed by atoms with van der Waals surface area (Å²) in [5, 5.41) is 3.67. The van der Waals surface area contributed by atoms with Crippen LogP contribution in [0.5, 0.6) is 5.75 Å². The van der Waals surface area contributed by atoms with Gasteiger partial charge in [-0.25, -0.2) is 0 Å². The fraction of sp³-hybridized carbons (Fsp3) is 0.143. The Morgan fingerprint density at radius 1 is 0.875 bits per heavy atom. The monoisotopic (exact) mass is 381 g/mol. The molecule has 0 heterocycles. The maximum atomic E-state index is 5.48. The van der Waals surface area contributed by atoms with Gasteiger partial charge >= 0.3 is 0 Å². The van der Waals surface area contributed by atoms with Crippen molar-refractivity contribution in [3.05, 3.63) is 100 Å². The Balaban J connectivity index is 1.87. The first-order valence-corrected chi connectivity index (χ1v) is 8.73. The predicted octanol–water partition coefficient (Wildman–Crippen LogP) is 5.34. The highest BCUT2D eigenvalue weighted by Crippen LogP contribution is 2.26. The molecule has 0 unspecified atom stereocenters. The average molecular weight is 382 g/mol. The van der Waals surface area contributed by atoms with Crippen molar-refractivity contribution in [2.45, 2.75) is 12.6 Å². The second-order valence-electron chi connectivity index (χ2n) is 5.59. The lowest BCUT2D eigenvalue weighted by Gasteiger charge is -2.21. The van der Waals surface area contributed by atoms with Crippen molar-refractivity contribution in [3.8, 4) is 5.75 Å². The Hall–Kier alpha value is -2.10. The van der Waals surface area contributed by atoms with Crippen LogP contribution in [-0.2, 0) is 6.54 Å². The normalized spacial score (nSPS) is 10.8. The molecule has 0 aromatic heterocycles. The summed E-state index contributed by atoms with van der Waals surface area (Å²) < 4.78 is 6.54. The summed E-state index contributed by atoms with van der Waals surface area (Å²) in [6.07, 6.45) is 0. The van der Waals surface area contributed by atoms with Gasteiger partial charge in [-0.3, -0.25) is 0 Å². The van der Waals surface area contributed by atoms with Gasteiger partial charge in [-0.15, -0.1) is 0 Å². The molecule has 0 radical (unpaired) electrons. The van der Waals surface area contributed by atoms with E-state index in [9.17, 15) is 0 Å². The number of hydrogen-bond donors (Lipinski definition) is 1. The molecule has 3 aromatic carbocycles. The molecule has 0 spiro atoms. The van der Waals surface area contributed by atoms with Crippen LogP contribution in [0, 0.1) is 0 Å². The topological polar surface area (TPSA) is 21.3 Å². The van der Waals surface area contributed by atoms with Crippen LogP contribution < -0.4 is 10.1 Å². The molecule has 0 fully saturated rings. The highest BCUT2D eigenvalue weighted by Gasteiger charge is 2.14. The third-order valence-corrected chi connectivity index (χ3v) is 4.50. The van der Waals surface area contributed by atoms with Crippen molar-refractivity contribution in [3.63, 3.8) is 0 Å². The molecule has 0 bridgehead atoms. The van der Waals surface area contributed by atoms with Gasteiger partial charge in [0.25, 0.3) is 0 Å². The molecule has 0 amide bonds. The summed E-state index contributed by atoms with van der Waals surface area (Å²) in [6.45, 7) is 0.719. The third-order valence-electron chi connectivity index (χ3n) is 4.00. The van der Waals surface area contributed by atoms with E-state index < -0.39 is 0 Å². The summed E-state index contributed by atoms with van der Waals surface area (Å²) in [5.41, 5.74) is 3.62. The first-order chi connectivity index (χ1) is 11.8. The van der Waals surface area contributed by atoms with E-state index >= 15 is 0 Å². The molecule has 122 valence electrons. The van der Waals surface area contributed by atoms with Crippen molar-refractivity contribution < 1.29 is 4.74 Å². The highest BCUT2D eigenvalue weighted by atomic mass is 79.9. The van der Waals surface area contributed by atoms with Crippen LogP contribution in [0.25, 0.3) is 0 Å². The zero-order valence-electron chi connectivity index (χ0n) is 13.6. The highest BCUT2D eigenvalue weighted by molar-refractivity contribution is 9.10. The molecule has 3 heteroatoms. The minimum atomic E-state index is 0.135. The molecule has 0 aliphatic rings. The van der Waals surface area contributed by atoms with E-state index in [1.807, 2.05) is 24.3 Å². The lowest BCUT2D eigenvalue weighted by Crippen LogP contribution is -2.22. The quantitative estimate of drug-likeness (QED) is 0.622. The Morgan fingerprint density at radius 2 is 1.46 bits per heavy atom. The molecule has 0 atom stereocenters. The van der Waals surface area contributed by atoms with E-state index in [2.05, 4.69) is 75.8 Å². The lowest BCUT2D eigenvalue weighted by atomic mass is 9.98. The van der Waals surface area contributed by atoms with Gasteiger partial charge in [-0.2, -0.15) is 0 Å². The van der Waals surface area contributed by atoms with Gasteiger partial charge in [-0.05, 0) is 29.3 Å². The van der Waals surface area contributed by atoms with Gasteiger partial charge in [0.1, 0.15) is 5.75 Å². The molecule has 3 aromatic rings. The summed E-state index contributed by atoms with van der Waals surface area (Å²) in [6, 6.07) is 27.2.